The standard InChI is InChI=1S/C8H17O5P/c1-3-12-14(9,13-4-2)6-8-5-10-7-11-8/h8H,3-7H2,1-2H3. The summed E-state index contributed by atoms with van der Waals surface area (Å²) in [6, 6.07) is 0. The molecule has 0 aromatic carbocycles. The summed E-state index contributed by atoms with van der Waals surface area (Å²) in [6.45, 7) is 5.07. The lowest BCUT2D eigenvalue weighted by Gasteiger charge is -2.18. The van der Waals surface area contributed by atoms with Gasteiger partial charge in [0.1, 0.15) is 6.79 Å². The van der Waals surface area contributed by atoms with Gasteiger partial charge in [0.05, 0.1) is 32.1 Å². The van der Waals surface area contributed by atoms with Crippen molar-refractivity contribution in [2.75, 3.05) is 32.8 Å². The summed E-state index contributed by atoms with van der Waals surface area (Å²) in [4.78, 5) is 0. The first-order valence-electron chi connectivity index (χ1n) is 4.77. The van der Waals surface area contributed by atoms with Gasteiger partial charge in [-0.25, -0.2) is 0 Å². The fourth-order valence-electron chi connectivity index (χ4n) is 1.26. The molecular formula is C8H17O5P. The second-order valence-electron chi connectivity index (χ2n) is 2.91. The van der Waals surface area contributed by atoms with E-state index in [-0.39, 0.29) is 19.1 Å². The van der Waals surface area contributed by atoms with Crippen molar-refractivity contribution < 1.29 is 23.1 Å². The monoisotopic (exact) mass is 224 g/mol. The third kappa shape index (κ3) is 3.67. The molecule has 1 heterocycles. The molecule has 1 rings (SSSR count). The lowest BCUT2D eigenvalue weighted by molar-refractivity contribution is 0.0503. The lowest BCUT2D eigenvalue weighted by atomic mass is 10.4. The van der Waals surface area contributed by atoms with E-state index in [1.165, 1.54) is 0 Å². The van der Waals surface area contributed by atoms with Crippen LogP contribution in [0.1, 0.15) is 13.8 Å². The lowest BCUT2D eigenvalue weighted by Crippen LogP contribution is -2.17. The zero-order valence-electron chi connectivity index (χ0n) is 8.60. The molecule has 1 aliphatic rings. The summed E-state index contributed by atoms with van der Waals surface area (Å²) in [5, 5.41) is 0. The molecule has 0 spiro atoms. The van der Waals surface area contributed by atoms with Crippen LogP contribution in [0.2, 0.25) is 0 Å². The van der Waals surface area contributed by atoms with Crippen molar-refractivity contribution in [2.24, 2.45) is 0 Å². The Bertz CT molecular complexity index is 192. The van der Waals surface area contributed by atoms with E-state index < -0.39 is 7.60 Å². The van der Waals surface area contributed by atoms with Crippen molar-refractivity contribution >= 4 is 7.60 Å². The molecule has 1 fully saturated rings. The van der Waals surface area contributed by atoms with Gasteiger partial charge in [0.2, 0.25) is 0 Å². The van der Waals surface area contributed by atoms with Crippen LogP contribution in [0, 0.1) is 0 Å². The van der Waals surface area contributed by atoms with Crippen molar-refractivity contribution in [3.8, 4) is 0 Å². The van der Waals surface area contributed by atoms with Crippen LogP contribution in [-0.2, 0) is 23.1 Å². The van der Waals surface area contributed by atoms with Crippen LogP contribution in [0.5, 0.6) is 0 Å². The molecule has 84 valence electrons. The van der Waals surface area contributed by atoms with E-state index in [9.17, 15) is 4.57 Å². The average Bonchev–Trinajstić information content (AvgIpc) is 2.57. The summed E-state index contributed by atoms with van der Waals surface area (Å²) >= 11 is 0. The highest BCUT2D eigenvalue weighted by molar-refractivity contribution is 7.53. The summed E-state index contributed by atoms with van der Waals surface area (Å²) in [6.07, 6.45) is 0.105. The maximum absolute atomic E-state index is 12.0. The third-order valence-electron chi connectivity index (χ3n) is 1.77. The molecule has 5 nitrogen and oxygen atoms in total. The van der Waals surface area contributed by atoms with Gasteiger partial charge in [-0.05, 0) is 13.8 Å². The summed E-state index contributed by atoms with van der Waals surface area (Å²) in [7, 11) is -2.97. The minimum Gasteiger partial charge on any atom is -0.353 e. The molecule has 0 aromatic rings. The molecule has 1 saturated heterocycles. The molecule has 0 aromatic heterocycles. The van der Waals surface area contributed by atoms with Crippen LogP contribution in [0.15, 0.2) is 0 Å². The van der Waals surface area contributed by atoms with Gasteiger partial charge in [0.25, 0.3) is 0 Å². The first-order valence-corrected chi connectivity index (χ1v) is 6.50. The van der Waals surface area contributed by atoms with Crippen molar-refractivity contribution in [1.82, 2.24) is 0 Å². The molecule has 14 heavy (non-hydrogen) atoms. The average molecular weight is 224 g/mol. The highest BCUT2D eigenvalue weighted by Gasteiger charge is 2.31. The molecule has 0 amide bonds. The number of rotatable bonds is 6. The molecule has 0 saturated carbocycles. The SMILES string of the molecule is CCOP(=O)(CC1COCO1)OCC. The van der Waals surface area contributed by atoms with E-state index in [0.717, 1.165) is 0 Å². The highest BCUT2D eigenvalue weighted by Crippen LogP contribution is 2.49. The second-order valence-corrected chi connectivity index (χ2v) is 5.01. The molecule has 0 N–H and O–H groups in total. The van der Waals surface area contributed by atoms with E-state index in [4.69, 9.17) is 18.5 Å². The predicted molar refractivity (Wildman–Crippen MR) is 51.4 cm³/mol. The minimum absolute atomic E-state index is 0.168. The van der Waals surface area contributed by atoms with E-state index in [1.54, 1.807) is 13.8 Å². The van der Waals surface area contributed by atoms with E-state index in [2.05, 4.69) is 0 Å². The van der Waals surface area contributed by atoms with Crippen molar-refractivity contribution in [2.45, 2.75) is 20.0 Å². The normalized spacial score (nSPS) is 22.9. The molecule has 1 atom stereocenters. The Hall–Kier alpha value is 0.0700. The quantitative estimate of drug-likeness (QED) is 0.642. The largest absolute Gasteiger partial charge is 0.353 e. The van der Waals surface area contributed by atoms with Gasteiger partial charge in [0, 0.05) is 0 Å². The van der Waals surface area contributed by atoms with Crippen molar-refractivity contribution in [3.05, 3.63) is 0 Å². The summed E-state index contributed by atoms with van der Waals surface area (Å²) < 4.78 is 32.4. The Morgan fingerprint density at radius 1 is 1.36 bits per heavy atom. The maximum atomic E-state index is 12.0. The fourth-order valence-corrected chi connectivity index (χ4v) is 3.04. The van der Waals surface area contributed by atoms with Crippen molar-refractivity contribution in [3.63, 3.8) is 0 Å². The Kier molecular flexibility index (Phi) is 5.06. The molecular weight excluding hydrogens is 207 g/mol. The van der Waals surface area contributed by atoms with Gasteiger partial charge in [0.15, 0.2) is 0 Å². The van der Waals surface area contributed by atoms with Gasteiger partial charge in [-0.2, -0.15) is 0 Å². The zero-order valence-corrected chi connectivity index (χ0v) is 9.50. The van der Waals surface area contributed by atoms with Crippen LogP contribution in [-0.4, -0.2) is 38.9 Å². The number of hydrogen-bond donors (Lipinski definition) is 0. The molecule has 6 heteroatoms. The van der Waals surface area contributed by atoms with E-state index in [0.29, 0.717) is 19.8 Å². The van der Waals surface area contributed by atoms with Crippen LogP contribution >= 0.6 is 7.60 Å². The van der Waals surface area contributed by atoms with Gasteiger partial charge in [-0.3, -0.25) is 4.57 Å². The first kappa shape index (κ1) is 12.1. The van der Waals surface area contributed by atoms with Crippen LogP contribution in [0.25, 0.3) is 0 Å². The fraction of sp³-hybridized carbons (Fsp3) is 1.00. The Balaban J connectivity index is 2.44. The number of hydrogen-bond acceptors (Lipinski definition) is 5. The first-order chi connectivity index (χ1) is 6.70. The molecule has 0 radical (unpaired) electrons. The van der Waals surface area contributed by atoms with Crippen LogP contribution in [0.3, 0.4) is 0 Å². The molecule has 0 bridgehead atoms. The highest BCUT2D eigenvalue weighted by atomic mass is 31.2. The molecule has 1 aliphatic heterocycles. The summed E-state index contributed by atoms with van der Waals surface area (Å²) in [5.41, 5.74) is 0. The predicted octanol–water partition coefficient (Wildman–Crippen LogP) is 1.63. The van der Waals surface area contributed by atoms with Crippen molar-refractivity contribution in [1.29, 1.82) is 0 Å². The zero-order chi connectivity index (χ0) is 10.4. The van der Waals surface area contributed by atoms with E-state index in [1.807, 2.05) is 0 Å². The second kappa shape index (κ2) is 5.83. The molecule has 1 unspecified atom stereocenters. The van der Waals surface area contributed by atoms with Gasteiger partial charge < -0.3 is 18.5 Å². The van der Waals surface area contributed by atoms with Gasteiger partial charge >= 0.3 is 7.60 Å². The number of ether oxygens (including phenoxy) is 2. The van der Waals surface area contributed by atoms with Gasteiger partial charge in [-0.1, -0.05) is 0 Å². The van der Waals surface area contributed by atoms with Crippen LogP contribution < -0.4 is 0 Å². The third-order valence-corrected chi connectivity index (χ3v) is 3.93. The van der Waals surface area contributed by atoms with Gasteiger partial charge in [-0.15, -0.1) is 0 Å². The Labute approximate surface area is 84.2 Å². The van der Waals surface area contributed by atoms with Crippen LogP contribution in [0.4, 0.5) is 0 Å². The minimum atomic E-state index is -2.97. The summed E-state index contributed by atoms with van der Waals surface area (Å²) in [5.74, 6) is 0. The topological polar surface area (TPSA) is 54.0 Å². The Morgan fingerprint density at radius 2 is 2.00 bits per heavy atom. The molecule has 0 aliphatic carbocycles. The maximum Gasteiger partial charge on any atom is 0.333 e. The Morgan fingerprint density at radius 3 is 2.43 bits per heavy atom. The van der Waals surface area contributed by atoms with E-state index >= 15 is 0 Å². The smallest absolute Gasteiger partial charge is 0.333 e.